The Morgan fingerprint density at radius 1 is 1.25 bits per heavy atom. The SMILES string of the molecule is CN(Cc1ccc(Br)cc1)C(=O)c1c[nH]c(=O)[nH]c1=O. The van der Waals surface area contributed by atoms with E-state index in [1.54, 1.807) is 7.05 Å². The minimum Gasteiger partial charge on any atom is -0.337 e. The van der Waals surface area contributed by atoms with Crippen LogP contribution in [0.15, 0.2) is 44.5 Å². The van der Waals surface area contributed by atoms with E-state index in [0.717, 1.165) is 16.2 Å². The van der Waals surface area contributed by atoms with Crippen LogP contribution in [0.5, 0.6) is 0 Å². The quantitative estimate of drug-likeness (QED) is 0.879. The molecule has 0 atom stereocenters. The molecule has 0 spiro atoms. The first-order valence-electron chi connectivity index (χ1n) is 5.79. The fraction of sp³-hybridized carbons (Fsp3) is 0.154. The zero-order valence-corrected chi connectivity index (χ0v) is 12.2. The van der Waals surface area contributed by atoms with Gasteiger partial charge in [0.2, 0.25) is 0 Å². The average Bonchev–Trinajstić information content (AvgIpc) is 2.40. The lowest BCUT2D eigenvalue weighted by Gasteiger charge is -2.16. The maximum Gasteiger partial charge on any atom is 0.325 e. The zero-order valence-electron chi connectivity index (χ0n) is 10.6. The Morgan fingerprint density at radius 3 is 2.50 bits per heavy atom. The number of nitrogens with zero attached hydrogens (tertiary/aromatic N) is 1. The molecule has 104 valence electrons. The van der Waals surface area contributed by atoms with Crippen LogP contribution in [0.1, 0.15) is 15.9 Å². The molecule has 2 N–H and O–H groups in total. The first-order chi connectivity index (χ1) is 9.47. The van der Waals surface area contributed by atoms with Crippen LogP contribution in [-0.4, -0.2) is 27.8 Å². The number of aromatic nitrogens is 2. The average molecular weight is 338 g/mol. The highest BCUT2D eigenvalue weighted by molar-refractivity contribution is 9.10. The van der Waals surface area contributed by atoms with Crippen LogP contribution in [-0.2, 0) is 6.54 Å². The monoisotopic (exact) mass is 337 g/mol. The van der Waals surface area contributed by atoms with Gasteiger partial charge in [0.05, 0.1) is 0 Å². The van der Waals surface area contributed by atoms with E-state index in [0.29, 0.717) is 6.54 Å². The number of benzene rings is 1. The molecule has 1 heterocycles. The van der Waals surface area contributed by atoms with Crippen LogP contribution in [0, 0.1) is 0 Å². The molecule has 1 amide bonds. The Labute approximate surface area is 122 Å². The fourth-order valence-corrected chi connectivity index (χ4v) is 1.97. The van der Waals surface area contributed by atoms with Gasteiger partial charge in [0, 0.05) is 24.3 Å². The van der Waals surface area contributed by atoms with Crippen LogP contribution in [0.2, 0.25) is 0 Å². The molecule has 6 nitrogen and oxygen atoms in total. The summed E-state index contributed by atoms with van der Waals surface area (Å²) in [6.07, 6.45) is 1.13. The van der Waals surface area contributed by atoms with Crippen molar-refractivity contribution in [3.8, 4) is 0 Å². The van der Waals surface area contributed by atoms with Crippen molar-refractivity contribution in [3.05, 3.63) is 66.9 Å². The molecule has 0 aliphatic carbocycles. The largest absolute Gasteiger partial charge is 0.337 e. The molecule has 0 fully saturated rings. The maximum absolute atomic E-state index is 12.1. The van der Waals surface area contributed by atoms with Crippen molar-refractivity contribution < 1.29 is 4.79 Å². The summed E-state index contributed by atoms with van der Waals surface area (Å²) >= 11 is 3.33. The number of nitrogens with one attached hydrogen (secondary N) is 2. The first-order valence-corrected chi connectivity index (χ1v) is 6.58. The number of H-pyrrole nitrogens is 2. The molecule has 1 aromatic carbocycles. The summed E-state index contributed by atoms with van der Waals surface area (Å²) in [6.45, 7) is 0.366. The Bertz CT molecular complexity index is 734. The number of carbonyl (C=O) groups is 1. The van der Waals surface area contributed by atoms with Crippen molar-refractivity contribution in [2.75, 3.05) is 7.05 Å². The molecule has 0 bridgehead atoms. The number of aromatic amines is 2. The van der Waals surface area contributed by atoms with Crippen LogP contribution in [0.3, 0.4) is 0 Å². The van der Waals surface area contributed by atoms with E-state index in [2.05, 4.69) is 20.9 Å². The third-order valence-electron chi connectivity index (χ3n) is 2.73. The van der Waals surface area contributed by atoms with Crippen LogP contribution >= 0.6 is 15.9 Å². The van der Waals surface area contributed by atoms with Gasteiger partial charge in [-0.15, -0.1) is 0 Å². The van der Waals surface area contributed by atoms with Crippen LogP contribution in [0.4, 0.5) is 0 Å². The summed E-state index contributed by atoms with van der Waals surface area (Å²) < 4.78 is 0.951. The Hall–Kier alpha value is -2.15. The molecule has 0 aliphatic rings. The van der Waals surface area contributed by atoms with Crippen molar-refractivity contribution in [2.24, 2.45) is 0 Å². The number of hydrogen-bond donors (Lipinski definition) is 2. The minimum atomic E-state index is -0.693. The molecule has 7 heteroatoms. The molecule has 2 rings (SSSR count). The Balaban J connectivity index is 2.18. The van der Waals surface area contributed by atoms with E-state index >= 15 is 0 Å². The van der Waals surface area contributed by atoms with Crippen molar-refractivity contribution >= 4 is 21.8 Å². The number of hydrogen-bond acceptors (Lipinski definition) is 3. The van der Waals surface area contributed by atoms with Gasteiger partial charge in [-0.1, -0.05) is 28.1 Å². The number of rotatable bonds is 3. The molecular formula is C13H12BrN3O3. The Morgan fingerprint density at radius 2 is 1.90 bits per heavy atom. The normalized spacial score (nSPS) is 10.3. The van der Waals surface area contributed by atoms with Gasteiger partial charge in [0.25, 0.3) is 11.5 Å². The highest BCUT2D eigenvalue weighted by atomic mass is 79.9. The van der Waals surface area contributed by atoms with Crippen molar-refractivity contribution in [1.82, 2.24) is 14.9 Å². The third-order valence-corrected chi connectivity index (χ3v) is 3.26. The summed E-state index contributed by atoms with van der Waals surface area (Å²) in [6, 6.07) is 7.51. The van der Waals surface area contributed by atoms with E-state index in [9.17, 15) is 14.4 Å². The second kappa shape index (κ2) is 5.87. The smallest absolute Gasteiger partial charge is 0.325 e. The van der Waals surface area contributed by atoms with Gasteiger partial charge in [0.1, 0.15) is 5.56 Å². The highest BCUT2D eigenvalue weighted by Crippen LogP contribution is 2.12. The van der Waals surface area contributed by atoms with Crippen molar-refractivity contribution in [3.63, 3.8) is 0 Å². The second-order valence-corrected chi connectivity index (χ2v) is 5.19. The predicted molar refractivity (Wildman–Crippen MR) is 77.6 cm³/mol. The van der Waals surface area contributed by atoms with Crippen LogP contribution < -0.4 is 11.2 Å². The highest BCUT2D eigenvalue weighted by Gasteiger charge is 2.15. The van der Waals surface area contributed by atoms with Gasteiger partial charge < -0.3 is 9.88 Å². The third kappa shape index (κ3) is 3.24. The lowest BCUT2D eigenvalue weighted by Crippen LogP contribution is -2.34. The predicted octanol–water partition coefficient (Wildman–Crippen LogP) is 1.10. The fourth-order valence-electron chi connectivity index (χ4n) is 1.71. The number of carbonyl (C=O) groups excluding carboxylic acids is 1. The van der Waals surface area contributed by atoms with Crippen molar-refractivity contribution in [2.45, 2.75) is 6.54 Å². The second-order valence-electron chi connectivity index (χ2n) is 4.27. The molecule has 20 heavy (non-hydrogen) atoms. The molecule has 0 aliphatic heterocycles. The summed E-state index contributed by atoms with van der Waals surface area (Å²) in [5, 5.41) is 0. The summed E-state index contributed by atoms with van der Waals surface area (Å²) in [5.41, 5.74) is -0.488. The molecule has 0 unspecified atom stereocenters. The first kappa shape index (κ1) is 14.3. The molecule has 2 aromatic rings. The Kier molecular flexibility index (Phi) is 4.19. The van der Waals surface area contributed by atoms with E-state index in [4.69, 9.17) is 0 Å². The van der Waals surface area contributed by atoms with Gasteiger partial charge in [-0.05, 0) is 17.7 Å². The number of amides is 1. The van der Waals surface area contributed by atoms with E-state index < -0.39 is 17.2 Å². The van der Waals surface area contributed by atoms with Gasteiger partial charge in [-0.3, -0.25) is 14.6 Å². The van der Waals surface area contributed by atoms with E-state index in [1.165, 1.54) is 4.90 Å². The number of halogens is 1. The van der Waals surface area contributed by atoms with Gasteiger partial charge in [-0.25, -0.2) is 4.79 Å². The molecular weight excluding hydrogens is 326 g/mol. The summed E-state index contributed by atoms with van der Waals surface area (Å²) in [4.78, 5) is 40.3. The molecule has 0 saturated carbocycles. The van der Waals surface area contributed by atoms with Gasteiger partial charge in [-0.2, -0.15) is 0 Å². The van der Waals surface area contributed by atoms with Gasteiger partial charge >= 0.3 is 5.69 Å². The lowest BCUT2D eigenvalue weighted by atomic mass is 10.2. The maximum atomic E-state index is 12.1. The van der Waals surface area contributed by atoms with Crippen LogP contribution in [0.25, 0.3) is 0 Å². The standard InChI is InChI=1S/C13H12BrN3O3/c1-17(7-8-2-4-9(14)5-3-8)12(19)10-6-15-13(20)16-11(10)18/h2-6H,7H2,1H3,(H2,15,16,18,20). The molecule has 0 radical (unpaired) electrons. The lowest BCUT2D eigenvalue weighted by molar-refractivity contribution is 0.0782. The van der Waals surface area contributed by atoms with E-state index in [-0.39, 0.29) is 5.56 Å². The van der Waals surface area contributed by atoms with Crippen molar-refractivity contribution in [1.29, 1.82) is 0 Å². The topological polar surface area (TPSA) is 86.0 Å². The summed E-state index contributed by atoms with van der Waals surface area (Å²) in [5.74, 6) is -0.453. The van der Waals surface area contributed by atoms with Gasteiger partial charge in [0.15, 0.2) is 0 Å². The minimum absolute atomic E-state index is 0.0933. The summed E-state index contributed by atoms with van der Waals surface area (Å²) in [7, 11) is 1.59. The van der Waals surface area contributed by atoms with E-state index in [1.807, 2.05) is 29.2 Å². The molecule has 0 saturated heterocycles. The molecule has 1 aromatic heterocycles. The zero-order chi connectivity index (χ0) is 14.7.